The monoisotopic (exact) mass is 465 g/mol. The van der Waals surface area contributed by atoms with Gasteiger partial charge in [0.15, 0.2) is 11.8 Å². The molecule has 1 aromatic rings. The molecule has 2 N–H and O–H groups in total. The fraction of sp³-hybridized carbons (Fsp3) is 0.812. The summed E-state index contributed by atoms with van der Waals surface area (Å²) in [4.78, 5) is 7.13. The molecule has 0 amide bonds. The van der Waals surface area contributed by atoms with Crippen LogP contribution in [0, 0.1) is 5.92 Å². The Hall–Kier alpha value is -0.940. The SMILES string of the molecule is CCNC(=NCc1nncn1C)NCC(C(C)C)N1CCOCC1.I. The molecule has 0 aromatic carbocycles. The number of ether oxygens (including phenoxy) is 1. The van der Waals surface area contributed by atoms with E-state index in [0.29, 0.717) is 18.5 Å². The first-order valence-corrected chi connectivity index (χ1v) is 8.78. The number of nitrogens with zero attached hydrogens (tertiary/aromatic N) is 5. The third kappa shape index (κ3) is 7.06. The first-order valence-electron chi connectivity index (χ1n) is 8.78. The minimum Gasteiger partial charge on any atom is -0.379 e. The molecule has 2 heterocycles. The van der Waals surface area contributed by atoms with Gasteiger partial charge in [0.05, 0.1) is 13.2 Å². The van der Waals surface area contributed by atoms with Gasteiger partial charge in [-0.25, -0.2) is 4.99 Å². The largest absolute Gasteiger partial charge is 0.379 e. The molecule has 1 atom stereocenters. The summed E-state index contributed by atoms with van der Waals surface area (Å²) >= 11 is 0. The Labute approximate surface area is 167 Å². The molecule has 0 spiro atoms. The van der Waals surface area contributed by atoms with E-state index in [-0.39, 0.29) is 24.0 Å². The van der Waals surface area contributed by atoms with E-state index in [4.69, 9.17) is 4.74 Å². The van der Waals surface area contributed by atoms with Gasteiger partial charge in [-0.15, -0.1) is 34.2 Å². The predicted octanol–water partition coefficient (Wildman–Crippen LogP) is 0.845. The van der Waals surface area contributed by atoms with Crippen LogP contribution in [0.4, 0.5) is 0 Å². The number of aromatic nitrogens is 3. The summed E-state index contributed by atoms with van der Waals surface area (Å²) in [6, 6.07) is 0.465. The summed E-state index contributed by atoms with van der Waals surface area (Å²) in [7, 11) is 1.93. The van der Waals surface area contributed by atoms with Crippen molar-refractivity contribution >= 4 is 29.9 Å². The van der Waals surface area contributed by atoms with Crippen molar-refractivity contribution in [3.05, 3.63) is 12.2 Å². The van der Waals surface area contributed by atoms with Crippen LogP contribution in [0.5, 0.6) is 0 Å². The topological polar surface area (TPSA) is 79.6 Å². The summed E-state index contributed by atoms with van der Waals surface area (Å²) in [6.45, 7) is 12.5. The second-order valence-corrected chi connectivity index (χ2v) is 6.39. The van der Waals surface area contributed by atoms with Crippen LogP contribution in [0.2, 0.25) is 0 Å². The van der Waals surface area contributed by atoms with Gasteiger partial charge in [0.1, 0.15) is 12.9 Å². The number of halogens is 1. The zero-order chi connectivity index (χ0) is 17.4. The minimum atomic E-state index is 0. The first-order chi connectivity index (χ1) is 11.6. The Morgan fingerprint density at radius 1 is 1.32 bits per heavy atom. The fourth-order valence-electron chi connectivity index (χ4n) is 2.84. The van der Waals surface area contributed by atoms with E-state index in [0.717, 1.165) is 51.2 Å². The number of aryl methyl sites for hydroxylation is 1. The van der Waals surface area contributed by atoms with Crippen molar-refractivity contribution in [2.75, 3.05) is 39.4 Å². The summed E-state index contributed by atoms with van der Waals surface area (Å²) in [5, 5.41) is 14.7. The van der Waals surface area contributed by atoms with Crippen molar-refractivity contribution in [1.82, 2.24) is 30.3 Å². The Kier molecular flexibility index (Phi) is 10.3. The Balaban J connectivity index is 0.00000312. The van der Waals surface area contributed by atoms with Crippen LogP contribution in [-0.4, -0.2) is 71.1 Å². The van der Waals surface area contributed by atoms with Crippen molar-refractivity contribution in [3.63, 3.8) is 0 Å². The first kappa shape index (κ1) is 22.1. The van der Waals surface area contributed by atoms with Crippen LogP contribution in [0.25, 0.3) is 0 Å². The highest BCUT2D eigenvalue weighted by Crippen LogP contribution is 2.12. The molecular formula is C16H32IN7O. The quantitative estimate of drug-likeness (QED) is 0.353. The molecule has 0 bridgehead atoms. The second-order valence-electron chi connectivity index (χ2n) is 6.39. The molecule has 1 unspecified atom stereocenters. The van der Waals surface area contributed by atoms with E-state index in [2.05, 4.69) is 51.5 Å². The number of morpholine rings is 1. The lowest BCUT2D eigenvalue weighted by atomic mass is 10.0. The zero-order valence-electron chi connectivity index (χ0n) is 15.7. The molecule has 2 rings (SSSR count). The van der Waals surface area contributed by atoms with E-state index >= 15 is 0 Å². The molecular weight excluding hydrogens is 433 g/mol. The maximum Gasteiger partial charge on any atom is 0.191 e. The molecule has 144 valence electrons. The van der Waals surface area contributed by atoms with E-state index in [1.165, 1.54) is 0 Å². The molecule has 9 heteroatoms. The summed E-state index contributed by atoms with van der Waals surface area (Å²) < 4.78 is 7.36. The average molecular weight is 465 g/mol. The van der Waals surface area contributed by atoms with Gasteiger partial charge in [-0.1, -0.05) is 13.8 Å². The third-order valence-electron chi connectivity index (χ3n) is 4.29. The molecule has 8 nitrogen and oxygen atoms in total. The van der Waals surface area contributed by atoms with Crippen LogP contribution in [0.3, 0.4) is 0 Å². The highest BCUT2D eigenvalue weighted by Gasteiger charge is 2.23. The lowest BCUT2D eigenvalue weighted by molar-refractivity contribution is 0.00752. The molecule has 1 aliphatic rings. The lowest BCUT2D eigenvalue weighted by Gasteiger charge is -2.37. The molecule has 0 aliphatic carbocycles. The Morgan fingerprint density at radius 3 is 2.60 bits per heavy atom. The van der Waals surface area contributed by atoms with Crippen LogP contribution in [0.15, 0.2) is 11.3 Å². The molecule has 1 aliphatic heterocycles. The van der Waals surface area contributed by atoms with Crippen LogP contribution < -0.4 is 10.6 Å². The van der Waals surface area contributed by atoms with E-state index in [1.54, 1.807) is 6.33 Å². The van der Waals surface area contributed by atoms with Gasteiger partial charge in [0.2, 0.25) is 0 Å². The van der Waals surface area contributed by atoms with Gasteiger partial charge in [-0.2, -0.15) is 0 Å². The third-order valence-corrected chi connectivity index (χ3v) is 4.29. The highest BCUT2D eigenvalue weighted by molar-refractivity contribution is 14.0. The minimum absolute atomic E-state index is 0. The van der Waals surface area contributed by atoms with Crippen molar-refractivity contribution in [1.29, 1.82) is 0 Å². The van der Waals surface area contributed by atoms with Crippen molar-refractivity contribution in [2.45, 2.75) is 33.4 Å². The summed E-state index contributed by atoms with van der Waals surface area (Å²) in [5.74, 6) is 2.23. The molecule has 0 saturated carbocycles. The van der Waals surface area contributed by atoms with Gasteiger partial charge >= 0.3 is 0 Å². The molecule has 1 fully saturated rings. The molecule has 25 heavy (non-hydrogen) atoms. The van der Waals surface area contributed by atoms with Crippen LogP contribution >= 0.6 is 24.0 Å². The second kappa shape index (κ2) is 11.6. The van der Waals surface area contributed by atoms with E-state index in [1.807, 2.05) is 11.6 Å². The maximum absolute atomic E-state index is 5.47. The number of nitrogens with one attached hydrogen (secondary N) is 2. The smallest absolute Gasteiger partial charge is 0.191 e. The van der Waals surface area contributed by atoms with Crippen molar-refractivity contribution < 1.29 is 4.74 Å². The van der Waals surface area contributed by atoms with Crippen molar-refractivity contribution in [3.8, 4) is 0 Å². The number of hydrogen-bond acceptors (Lipinski definition) is 5. The van der Waals surface area contributed by atoms with Gasteiger partial charge in [-0.3, -0.25) is 4.90 Å². The Morgan fingerprint density at radius 2 is 2.04 bits per heavy atom. The van der Waals surface area contributed by atoms with Gasteiger partial charge in [0, 0.05) is 39.3 Å². The number of rotatable bonds is 7. The van der Waals surface area contributed by atoms with E-state index < -0.39 is 0 Å². The highest BCUT2D eigenvalue weighted by atomic mass is 127. The van der Waals surface area contributed by atoms with E-state index in [9.17, 15) is 0 Å². The fourth-order valence-corrected chi connectivity index (χ4v) is 2.84. The number of guanidine groups is 1. The van der Waals surface area contributed by atoms with Crippen LogP contribution in [0.1, 0.15) is 26.6 Å². The average Bonchev–Trinajstić information content (AvgIpc) is 2.98. The van der Waals surface area contributed by atoms with Gasteiger partial charge in [-0.05, 0) is 12.8 Å². The maximum atomic E-state index is 5.47. The van der Waals surface area contributed by atoms with Gasteiger partial charge in [0.25, 0.3) is 0 Å². The number of aliphatic imine (C=N–C) groups is 1. The number of hydrogen-bond donors (Lipinski definition) is 2. The lowest BCUT2D eigenvalue weighted by Crippen LogP contribution is -2.52. The van der Waals surface area contributed by atoms with Crippen LogP contribution in [-0.2, 0) is 18.3 Å². The predicted molar refractivity (Wildman–Crippen MR) is 110 cm³/mol. The summed E-state index contributed by atoms with van der Waals surface area (Å²) in [6.07, 6.45) is 1.69. The van der Waals surface area contributed by atoms with Crippen molar-refractivity contribution in [2.24, 2.45) is 18.0 Å². The zero-order valence-corrected chi connectivity index (χ0v) is 18.1. The Bertz CT molecular complexity index is 514. The van der Waals surface area contributed by atoms with Gasteiger partial charge < -0.3 is 19.9 Å². The molecule has 1 aromatic heterocycles. The normalized spacial score (nSPS) is 17.2. The molecule has 0 radical (unpaired) electrons. The standard InChI is InChI=1S/C16H31N7O.HI/c1-5-17-16(19-11-15-21-20-12-22(15)4)18-10-14(13(2)3)23-6-8-24-9-7-23;/h12-14H,5-11H2,1-4H3,(H2,17,18,19);1H. The summed E-state index contributed by atoms with van der Waals surface area (Å²) in [5.41, 5.74) is 0. The molecule has 1 saturated heterocycles.